The molecule has 0 aromatic heterocycles. The van der Waals surface area contributed by atoms with Gasteiger partial charge in [-0.2, -0.15) is 0 Å². The summed E-state index contributed by atoms with van der Waals surface area (Å²) in [6.45, 7) is 2.10. The van der Waals surface area contributed by atoms with Crippen molar-refractivity contribution in [3.63, 3.8) is 0 Å². The maximum atomic E-state index is 12.8. The average molecular weight is 293 g/mol. The minimum atomic E-state index is -0.777. The minimum Gasteiger partial charge on any atom is -0.316 e. The molecule has 1 saturated carbocycles. The quantitative estimate of drug-likeness (QED) is 0.920. The molecule has 1 fully saturated rings. The van der Waals surface area contributed by atoms with Gasteiger partial charge in [-0.1, -0.05) is 55.5 Å². The molecule has 0 radical (unpaired) electrons. The Morgan fingerprint density at radius 3 is 2.65 bits per heavy atom. The summed E-state index contributed by atoms with van der Waals surface area (Å²) in [4.78, 5) is 0. The minimum absolute atomic E-state index is 0.306. The molecule has 0 heterocycles. The highest BCUT2D eigenvalue weighted by Crippen LogP contribution is 2.23. The van der Waals surface area contributed by atoms with Gasteiger partial charge in [-0.3, -0.25) is 4.21 Å². The zero-order valence-corrected chi connectivity index (χ0v) is 13.5. The molecule has 0 aliphatic heterocycles. The Morgan fingerprint density at radius 1 is 1.20 bits per heavy atom. The monoisotopic (exact) mass is 293 g/mol. The fourth-order valence-electron chi connectivity index (χ4n) is 3.17. The van der Waals surface area contributed by atoms with E-state index in [1.165, 1.54) is 43.2 Å². The van der Waals surface area contributed by atoms with Crippen LogP contribution in [0.15, 0.2) is 24.3 Å². The molecular weight excluding hydrogens is 266 g/mol. The predicted octanol–water partition coefficient (Wildman–Crippen LogP) is 3.55. The first kappa shape index (κ1) is 15.7. The summed E-state index contributed by atoms with van der Waals surface area (Å²) in [5.41, 5.74) is 2.46. The third-order valence-electron chi connectivity index (χ3n) is 4.30. The summed E-state index contributed by atoms with van der Waals surface area (Å²) in [5.74, 6) is 0.699. The van der Waals surface area contributed by atoms with Crippen LogP contribution in [0.4, 0.5) is 0 Å². The van der Waals surface area contributed by atoms with Gasteiger partial charge in [-0.15, -0.1) is 0 Å². The predicted molar refractivity (Wildman–Crippen MR) is 87.4 cm³/mol. The molecule has 1 aliphatic rings. The van der Waals surface area contributed by atoms with E-state index in [4.69, 9.17) is 0 Å². The van der Waals surface area contributed by atoms with Gasteiger partial charge in [0.2, 0.25) is 0 Å². The van der Waals surface area contributed by atoms with E-state index < -0.39 is 10.8 Å². The highest BCUT2D eigenvalue weighted by atomic mass is 32.2. The van der Waals surface area contributed by atoms with Gasteiger partial charge >= 0.3 is 0 Å². The van der Waals surface area contributed by atoms with Crippen LogP contribution in [0.2, 0.25) is 0 Å². The normalized spacial score (nSPS) is 25.7. The number of hydrogen-bond donors (Lipinski definition) is 1. The summed E-state index contributed by atoms with van der Waals surface area (Å²) in [7, 11) is 1.24. The molecule has 1 aromatic carbocycles. The summed E-state index contributed by atoms with van der Waals surface area (Å²) in [5, 5.41) is 3.71. The Kier molecular flexibility index (Phi) is 6.24. The largest absolute Gasteiger partial charge is 0.316 e. The van der Waals surface area contributed by atoms with Crippen LogP contribution in [0.1, 0.15) is 49.7 Å². The van der Waals surface area contributed by atoms with Gasteiger partial charge in [0, 0.05) is 22.6 Å². The van der Waals surface area contributed by atoms with Crippen molar-refractivity contribution < 1.29 is 4.21 Å². The molecular formula is C17H27NOS. The Bertz CT molecular complexity index is 446. The van der Waals surface area contributed by atoms with Crippen LogP contribution in [0.5, 0.6) is 0 Å². The molecule has 1 N–H and O–H groups in total. The van der Waals surface area contributed by atoms with Crippen LogP contribution in [0, 0.1) is 6.92 Å². The van der Waals surface area contributed by atoms with Gasteiger partial charge in [-0.25, -0.2) is 0 Å². The average Bonchev–Trinajstić information content (AvgIpc) is 2.38. The molecule has 1 aromatic rings. The van der Waals surface area contributed by atoms with Crippen LogP contribution >= 0.6 is 0 Å². The first-order valence-electron chi connectivity index (χ1n) is 7.80. The standard InChI is InChI=1S/C17H27NOS/c1-14-8-7-9-15(12-14)13-20(19)17-11-6-4-3-5-10-16(17)18-2/h7-9,12,16-18H,3-6,10-11,13H2,1-2H3. The van der Waals surface area contributed by atoms with E-state index in [2.05, 4.69) is 36.5 Å². The van der Waals surface area contributed by atoms with Crippen LogP contribution in [0.3, 0.4) is 0 Å². The first-order chi connectivity index (χ1) is 9.70. The maximum Gasteiger partial charge on any atom is 0.0504 e. The molecule has 2 rings (SSSR count). The van der Waals surface area contributed by atoms with Crippen molar-refractivity contribution in [2.75, 3.05) is 7.05 Å². The summed E-state index contributed by atoms with van der Waals surface area (Å²) >= 11 is 0. The van der Waals surface area contributed by atoms with Crippen molar-refractivity contribution in [2.45, 2.75) is 62.5 Å². The third-order valence-corrected chi connectivity index (χ3v) is 6.16. The highest BCUT2D eigenvalue weighted by Gasteiger charge is 2.26. The SMILES string of the molecule is CNC1CCCCCCC1S(=O)Cc1cccc(C)c1. The van der Waals surface area contributed by atoms with Crippen molar-refractivity contribution >= 4 is 10.8 Å². The number of rotatable bonds is 4. The molecule has 0 bridgehead atoms. The highest BCUT2D eigenvalue weighted by molar-refractivity contribution is 7.84. The van der Waals surface area contributed by atoms with E-state index >= 15 is 0 Å². The lowest BCUT2D eigenvalue weighted by Gasteiger charge is -2.28. The number of hydrogen-bond acceptors (Lipinski definition) is 2. The van der Waals surface area contributed by atoms with E-state index in [0.29, 0.717) is 17.0 Å². The zero-order valence-electron chi connectivity index (χ0n) is 12.7. The second kappa shape index (κ2) is 7.94. The van der Waals surface area contributed by atoms with Crippen molar-refractivity contribution in [3.05, 3.63) is 35.4 Å². The number of benzene rings is 1. The van der Waals surface area contributed by atoms with E-state index in [1.54, 1.807) is 0 Å². The third kappa shape index (κ3) is 4.42. The molecule has 3 heteroatoms. The van der Waals surface area contributed by atoms with E-state index in [-0.39, 0.29) is 0 Å². The van der Waals surface area contributed by atoms with Crippen molar-refractivity contribution in [1.29, 1.82) is 0 Å². The van der Waals surface area contributed by atoms with Crippen molar-refractivity contribution in [2.24, 2.45) is 0 Å². The lowest BCUT2D eigenvalue weighted by molar-refractivity contribution is 0.414. The molecule has 3 unspecified atom stereocenters. The lowest BCUT2D eigenvalue weighted by atomic mass is 9.96. The molecule has 20 heavy (non-hydrogen) atoms. The molecule has 0 spiro atoms. The molecule has 2 nitrogen and oxygen atoms in total. The molecule has 3 atom stereocenters. The van der Waals surface area contributed by atoms with Crippen molar-refractivity contribution in [3.8, 4) is 0 Å². The van der Waals surface area contributed by atoms with Gasteiger partial charge in [0.05, 0.1) is 5.25 Å². The number of nitrogens with one attached hydrogen (secondary N) is 1. The smallest absolute Gasteiger partial charge is 0.0504 e. The van der Waals surface area contributed by atoms with Gasteiger partial charge < -0.3 is 5.32 Å². The van der Waals surface area contributed by atoms with Gasteiger partial charge in [0.25, 0.3) is 0 Å². The van der Waals surface area contributed by atoms with E-state index in [1.807, 2.05) is 7.05 Å². The summed E-state index contributed by atoms with van der Waals surface area (Å²) in [6, 6.07) is 8.84. The maximum absolute atomic E-state index is 12.8. The molecule has 0 saturated heterocycles. The first-order valence-corrected chi connectivity index (χ1v) is 9.19. The topological polar surface area (TPSA) is 29.1 Å². The lowest BCUT2D eigenvalue weighted by Crippen LogP contribution is -2.41. The Labute approximate surface area is 125 Å². The van der Waals surface area contributed by atoms with Crippen LogP contribution < -0.4 is 5.32 Å². The van der Waals surface area contributed by atoms with Gasteiger partial charge in [0.1, 0.15) is 0 Å². The van der Waals surface area contributed by atoms with Crippen LogP contribution in [0.25, 0.3) is 0 Å². The number of aryl methyl sites for hydroxylation is 1. The van der Waals surface area contributed by atoms with E-state index in [0.717, 1.165) is 6.42 Å². The molecule has 112 valence electrons. The second-order valence-electron chi connectivity index (χ2n) is 5.94. The fourth-order valence-corrected chi connectivity index (χ4v) is 4.96. The van der Waals surface area contributed by atoms with Gasteiger partial charge in [-0.05, 0) is 32.4 Å². The summed E-state index contributed by atoms with van der Waals surface area (Å²) in [6.07, 6.45) is 7.39. The summed E-state index contributed by atoms with van der Waals surface area (Å²) < 4.78 is 12.8. The van der Waals surface area contributed by atoms with Gasteiger partial charge in [0.15, 0.2) is 0 Å². The Balaban J connectivity index is 2.04. The Morgan fingerprint density at radius 2 is 1.95 bits per heavy atom. The second-order valence-corrected chi connectivity index (χ2v) is 7.59. The molecule has 1 aliphatic carbocycles. The fraction of sp³-hybridized carbons (Fsp3) is 0.647. The Hall–Kier alpha value is -0.670. The zero-order chi connectivity index (χ0) is 14.4. The van der Waals surface area contributed by atoms with E-state index in [9.17, 15) is 4.21 Å². The molecule has 0 amide bonds. The van der Waals surface area contributed by atoms with Crippen molar-refractivity contribution in [1.82, 2.24) is 5.32 Å². The van der Waals surface area contributed by atoms with Crippen LogP contribution in [-0.2, 0) is 16.6 Å². The van der Waals surface area contributed by atoms with Crippen LogP contribution in [-0.4, -0.2) is 22.5 Å².